The fraction of sp³-hybridized carbons (Fsp3) is 0.974. The molecular formula is C77H153NO5. The van der Waals surface area contributed by atoms with Gasteiger partial charge in [-0.1, -0.05) is 418 Å². The highest BCUT2D eigenvalue weighted by atomic mass is 16.5. The molecule has 0 heterocycles. The summed E-state index contributed by atoms with van der Waals surface area (Å²) in [5.41, 5.74) is 0. The van der Waals surface area contributed by atoms with E-state index in [1.54, 1.807) is 0 Å². The average Bonchev–Trinajstić information content (AvgIpc) is 3.49. The number of aliphatic hydroxyl groups excluding tert-OH is 2. The molecule has 0 bridgehead atoms. The first-order valence-corrected chi connectivity index (χ1v) is 38.8. The maximum Gasteiger partial charge on any atom is 0.305 e. The van der Waals surface area contributed by atoms with Crippen LogP contribution in [0.25, 0.3) is 0 Å². The Kier molecular flexibility index (Phi) is 72.3. The third-order valence-corrected chi connectivity index (χ3v) is 18.7. The van der Waals surface area contributed by atoms with Crippen LogP contribution >= 0.6 is 0 Å². The van der Waals surface area contributed by atoms with Gasteiger partial charge in [0.05, 0.1) is 25.4 Å². The predicted octanol–water partition coefficient (Wildman–Crippen LogP) is 25.3. The molecule has 83 heavy (non-hydrogen) atoms. The Bertz CT molecular complexity index is 1210. The Morgan fingerprint density at radius 1 is 0.289 bits per heavy atom. The van der Waals surface area contributed by atoms with Gasteiger partial charge >= 0.3 is 5.97 Å². The summed E-state index contributed by atoms with van der Waals surface area (Å²) in [4.78, 5) is 24.7. The average molecular weight is 1170 g/mol. The lowest BCUT2D eigenvalue weighted by Crippen LogP contribution is -2.45. The molecule has 0 fully saturated rings. The normalized spacial score (nSPS) is 12.4. The molecule has 2 atom stereocenters. The maximum absolute atomic E-state index is 12.6. The highest BCUT2D eigenvalue weighted by Gasteiger charge is 2.20. The predicted molar refractivity (Wildman–Crippen MR) is 366 cm³/mol. The summed E-state index contributed by atoms with van der Waals surface area (Å²) < 4.78 is 5.52. The first-order valence-electron chi connectivity index (χ1n) is 38.8. The molecule has 0 aromatic heterocycles. The van der Waals surface area contributed by atoms with Crippen molar-refractivity contribution in [3.8, 4) is 0 Å². The number of esters is 1. The number of nitrogens with one attached hydrogen (secondary N) is 1. The van der Waals surface area contributed by atoms with Crippen LogP contribution in [-0.4, -0.2) is 47.4 Å². The molecule has 0 aliphatic rings. The van der Waals surface area contributed by atoms with Crippen molar-refractivity contribution in [2.75, 3.05) is 13.2 Å². The molecule has 0 rings (SSSR count). The molecule has 6 heteroatoms. The zero-order valence-electron chi connectivity index (χ0n) is 57.0. The number of hydrogen-bond donors (Lipinski definition) is 3. The van der Waals surface area contributed by atoms with Crippen LogP contribution in [0.4, 0.5) is 0 Å². The van der Waals surface area contributed by atoms with Crippen molar-refractivity contribution in [1.29, 1.82) is 0 Å². The van der Waals surface area contributed by atoms with Gasteiger partial charge in [-0.15, -0.1) is 0 Å². The van der Waals surface area contributed by atoms with E-state index in [9.17, 15) is 19.8 Å². The summed E-state index contributed by atoms with van der Waals surface area (Å²) in [7, 11) is 0. The Labute approximate surface area is 521 Å². The molecule has 0 aliphatic heterocycles. The number of carbonyl (C=O) groups excluding carboxylic acids is 2. The van der Waals surface area contributed by atoms with Crippen molar-refractivity contribution in [3.05, 3.63) is 0 Å². The first kappa shape index (κ1) is 81.9. The van der Waals surface area contributed by atoms with Gasteiger partial charge in [-0.25, -0.2) is 0 Å². The summed E-state index contributed by atoms with van der Waals surface area (Å²) in [5, 5.41) is 23.5. The minimum atomic E-state index is -0.665. The zero-order chi connectivity index (χ0) is 59.9. The van der Waals surface area contributed by atoms with Gasteiger partial charge in [0.1, 0.15) is 0 Å². The Morgan fingerprint density at radius 3 is 0.735 bits per heavy atom. The largest absolute Gasteiger partial charge is 0.466 e. The molecule has 2 unspecified atom stereocenters. The van der Waals surface area contributed by atoms with Crippen LogP contribution in [0.1, 0.15) is 457 Å². The number of unbranched alkanes of at least 4 members (excludes halogenated alkanes) is 63. The van der Waals surface area contributed by atoms with Gasteiger partial charge in [-0.05, 0) is 25.7 Å². The third kappa shape index (κ3) is 69.8. The van der Waals surface area contributed by atoms with E-state index in [0.717, 1.165) is 38.5 Å². The monoisotopic (exact) mass is 1170 g/mol. The quantitative estimate of drug-likeness (QED) is 0.0417. The van der Waals surface area contributed by atoms with Crippen molar-refractivity contribution in [2.45, 2.75) is 469 Å². The molecule has 0 radical (unpaired) electrons. The van der Waals surface area contributed by atoms with E-state index in [-0.39, 0.29) is 18.5 Å². The van der Waals surface area contributed by atoms with Gasteiger partial charge in [0.15, 0.2) is 0 Å². The second-order valence-electron chi connectivity index (χ2n) is 27.1. The number of rotatable bonds is 74. The summed E-state index contributed by atoms with van der Waals surface area (Å²) in [5.74, 6) is -0.00675. The van der Waals surface area contributed by atoms with Gasteiger partial charge < -0.3 is 20.3 Å². The van der Waals surface area contributed by atoms with Crippen molar-refractivity contribution in [3.63, 3.8) is 0 Å². The number of ether oxygens (including phenoxy) is 1. The van der Waals surface area contributed by atoms with E-state index in [0.29, 0.717) is 25.9 Å². The molecule has 0 aromatic rings. The summed E-state index contributed by atoms with van der Waals surface area (Å²) in [6.45, 7) is 5.02. The van der Waals surface area contributed by atoms with Crippen LogP contribution in [0.5, 0.6) is 0 Å². The van der Waals surface area contributed by atoms with Gasteiger partial charge in [-0.3, -0.25) is 9.59 Å². The highest BCUT2D eigenvalue weighted by Crippen LogP contribution is 2.20. The minimum absolute atomic E-state index is 0.0211. The lowest BCUT2D eigenvalue weighted by molar-refractivity contribution is -0.143. The van der Waals surface area contributed by atoms with Gasteiger partial charge in [0.25, 0.3) is 0 Å². The minimum Gasteiger partial charge on any atom is -0.466 e. The van der Waals surface area contributed by atoms with E-state index in [2.05, 4.69) is 19.2 Å². The van der Waals surface area contributed by atoms with E-state index >= 15 is 0 Å². The third-order valence-electron chi connectivity index (χ3n) is 18.7. The Balaban J connectivity index is 3.35. The lowest BCUT2D eigenvalue weighted by atomic mass is 10.0. The highest BCUT2D eigenvalue weighted by molar-refractivity contribution is 5.76. The second-order valence-corrected chi connectivity index (χ2v) is 27.1. The Hall–Kier alpha value is -1.14. The summed E-state index contributed by atoms with van der Waals surface area (Å²) in [6, 6.07) is -0.542. The molecule has 0 saturated carbocycles. The SMILES string of the molecule is CCCCCCCCCCCCCCCCCCCCCCCCCCC(O)C(CO)NC(=O)CCCCCCCCCCCCCCCCCCCCCCCCCOC(=O)CCCCCCCCCCCCCCCCCCCCC. The van der Waals surface area contributed by atoms with E-state index in [4.69, 9.17) is 4.74 Å². The van der Waals surface area contributed by atoms with Crippen LogP contribution in [0.3, 0.4) is 0 Å². The van der Waals surface area contributed by atoms with Gasteiger partial charge in [-0.2, -0.15) is 0 Å². The first-order chi connectivity index (χ1) is 41.0. The molecule has 496 valence electrons. The number of hydrogen-bond acceptors (Lipinski definition) is 5. The molecule has 3 N–H and O–H groups in total. The fourth-order valence-electron chi connectivity index (χ4n) is 12.8. The van der Waals surface area contributed by atoms with Crippen molar-refractivity contribution >= 4 is 11.9 Å². The standard InChI is InChI=1S/C77H153NO5/c1-3-5-7-9-11-13-15-17-19-21-23-24-25-27-30-34-37-41-45-49-53-57-61-65-69-75(80)74(73-79)78-76(81)70-66-62-58-54-50-46-42-38-35-31-28-26-29-32-36-40-44-48-52-56-60-64-68-72-83-77(82)71-67-63-59-55-51-47-43-39-33-22-20-18-16-14-12-10-8-6-4-2/h74-75,79-80H,3-73H2,1-2H3,(H,78,81). The van der Waals surface area contributed by atoms with Crippen molar-refractivity contribution in [1.82, 2.24) is 5.32 Å². The van der Waals surface area contributed by atoms with E-state index in [1.807, 2.05) is 0 Å². The molecule has 0 saturated heterocycles. The second kappa shape index (κ2) is 73.3. The maximum atomic E-state index is 12.6. The fourth-order valence-corrected chi connectivity index (χ4v) is 12.8. The van der Waals surface area contributed by atoms with Crippen LogP contribution in [0, 0.1) is 0 Å². The number of amides is 1. The molecule has 0 spiro atoms. The van der Waals surface area contributed by atoms with Crippen LogP contribution in [-0.2, 0) is 14.3 Å². The van der Waals surface area contributed by atoms with Crippen LogP contribution in [0.2, 0.25) is 0 Å². The zero-order valence-corrected chi connectivity index (χ0v) is 57.0. The van der Waals surface area contributed by atoms with Gasteiger partial charge in [0, 0.05) is 12.8 Å². The molecule has 6 nitrogen and oxygen atoms in total. The number of aliphatic hydroxyl groups is 2. The lowest BCUT2D eigenvalue weighted by Gasteiger charge is -2.22. The van der Waals surface area contributed by atoms with Crippen LogP contribution in [0.15, 0.2) is 0 Å². The molecule has 1 amide bonds. The van der Waals surface area contributed by atoms with E-state index < -0.39 is 12.1 Å². The van der Waals surface area contributed by atoms with Crippen molar-refractivity contribution < 1.29 is 24.5 Å². The van der Waals surface area contributed by atoms with Crippen molar-refractivity contribution in [2.24, 2.45) is 0 Å². The summed E-state index contributed by atoms with van der Waals surface area (Å²) in [6.07, 6.45) is 90.3. The number of carbonyl (C=O) groups is 2. The Morgan fingerprint density at radius 2 is 0.494 bits per heavy atom. The topological polar surface area (TPSA) is 95.9 Å². The van der Waals surface area contributed by atoms with Gasteiger partial charge in [0.2, 0.25) is 5.91 Å². The smallest absolute Gasteiger partial charge is 0.305 e. The summed E-state index contributed by atoms with van der Waals surface area (Å²) >= 11 is 0. The van der Waals surface area contributed by atoms with Crippen LogP contribution < -0.4 is 5.32 Å². The van der Waals surface area contributed by atoms with E-state index in [1.165, 1.54) is 385 Å². The molecule has 0 aromatic carbocycles. The molecular weight excluding hydrogens is 1020 g/mol. The molecule has 0 aliphatic carbocycles.